The summed E-state index contributed by atoms with van der Waals surface area (Å²) < 4.78 is 34.5. The smallest absolute Gasteiger partial charge is 0.203 e. The molecule has 7 nitrogen and oxygen atoms in total. The highest BCUT2D eigenvalue weighted by atomic mass is 16.5. The Hall–Kier alpha value is -4.36. The molecule has 0 atom stereocenters. The molecule has 38 heavy (non-hydrogen) atoms. The number of ether oxygens (including phenoxy) is 6. The molecule has 0 bridgehead atoms. The molecular weight excluding hydrogens is 484 g/mol. The Morgan fingerprint density at radius 1 is 0.526 bits per heavy atom. The summed E-state index contributed by atoms with van der Waals surface area (Å²) in [4.78, 5) is 0. The Morgan fingerprint density at radius 2 is 0.842 bits per heavy atom. The summed E-state index contributed by atoms with van der Waals surface area (Å²) in [5, 5.41) is 11.4. The van der Waals surface area contributed by atoms with E-state index in [0.29, 0.717) is 58.8 Å². The third-order valence-electron chi connectivity index (χ3n) is 6.05. The average Bonchev–Trinajstić information content (AvgIpc) is 2.98. The van der Waals surface area contributed by atoms with Crippen molar-refractivity contribution >= 4 is 0 Å². The molecule has 4 rings (SSSR count). The maximum absolute atomic E-state index is 11.4. The number of benzene rings is 4. The molecule has 0 saturated heterocycles. The molecule has 0 aliphatic carbocycles. The fourth-order valence-electron chi connectivity index (χ4n) is 4.05. The molecule has 0 heterocycles. The number of aliphatic hydroxyl groups is 1. The van der Waals surface area contributed by atoms with Crippen LogP contribution in [0.5, 0.6) is 34.5 Å². The highest BCUT2D eigenvalue weighted by molar-refractivity contribution is 5.58. The Labute approximate surface area is 223 Å². The van der Waals surface area contributed by atoms with Crippen molar-refractivity contribution in [3.63, 3.8) is 0 Å². The van der Waals surface area contributed by atoms with Crippen molar-refractivity contribution < 1.29 is 33.5 Å². The first-order chi connectivity index (χ1) is 18.6. The van der Waals surface area contributed by atoms with Gasteiger partial charge in [-0.25, -0.2) is 0 Å². The summed E-state index contributed by atoms with van der Waals surface area (Å²) in [7, 11) is 6.19. The average molecular weight is 517 g/mol. The first-order valence-electron chi connectivity index (χ1n) is 12.1. The predicted molar refractivity (Wildman–Crippen MR) is 145 cm³/mol. The molecule has 0 radical (unpaired) electrons. The van der Waals surface area contributed by atoms with Crippen LogP contribution in [0.4, 0.5) is 0 Å². The third-order valence-corrected chi connectivity index (χ3v) is 6.05. The van der Waals surface area contributed by atoms with Crippen LogP contribution in [0.2, 0.25) is 0 Å². The molecule has 7 heteroatoms. The van der Waals surface area contributed by atoms with Gasteiger partial charge in [0, 0.05) is 0 Å². The van der Waals surface area contributed by atoms with Crippen molar-refractivity contribution in [2.24, 2.45) is 0 Å². The standard InChI is InChI=1S/C31H32O7/c1-33-25-15-23(16-26(34-2)30(25)37-19-21-11-7-5-8-12-21)29(32)24-17-27(35-3)31(28(18-24)36-4)38-20-22-13-9-6-10-14-22/h5-18,29,32H,19-20H2,1-4H3. The molecule has 1 N–H and O–H groups in total. The van der Waals surface area contributed by atoms with Crippen LogP contribution in [-0.2, 0) is 13.2 Å². The fourth-order valence-corrected chi connectivity index (χ4v) is 4.05. The zero-order valence-corrected chi connectivity index (χ0v) is 22.0. The first-order valence-corrected chi connectivity index (χ1v) is 12.1. The molecular formula is C31H32O7. The third kappa shape index (κ3) is 6.12. The normalized spacial score (nSPS) is 10.7. The summed E-state index contributed by atoms with van der Waals surface area (Å²) in [6.45, 7) is 0.683. The Morgan fingerprint density at radius 3 is 1.13 bits per heavy atom. The van der Waals surface area contributed by atoms with E-state index in [-0.39, 0.29) is 0 Å². The first kappa shape index (κ1) is 26.7. The minimum atomic E-state index is -1.04. The number of hydrogen-bond donors (Lipinski definition) is 1. The predicted octanol–water partition coefficient (Wildman–Crippen LogP) is 5.96. The van der Waals surface area contributed by atoms with E-state index >= 15 is 0 Å². The molecule has 0 aromatic heterocycles. The lowest BCUT2D eigenvalue weighted by Gasteiger charge is -2.21. The summed E-state index contributed by atoms with van der Waals surface area (Å²) in [6.07, 6.45) is -1.04. The highest BCUT2D eigenvalue weighted by Crippen LogP contribution is 2.44. The maximum atomic E-state index is 11.4. The van der Waals surface area contributed by atoms with E-state index in [0.717, 1.165) is 11.1 Å². The molecule has 4 aromatic rings. The summed E-state index contributed by atoms with van der Waals surface area (Å²) >= 11 is 0. The summed E-state index contributed by atoms with van der Waals surface area (Å²) in [6, 6.07) is 26.5. The summed E-state index contributed by atoms with van der Waals surface area (Å²) in [5.74, 6) is 2.67. The number of rotatable bonds is 12. The van der Waals surface area contributed by atoms with E-state index in [2.05, 4.69) is 0 Å². The lowest BCUT2D eigenvalue weighted by atomic mass is 9.99. The minimum absolute atomic E-state index is 0.342. The van der Waals surface area contributed by atoms with E-state index in [1.807, 2.05) is 60.7 Å². The van der Waals surface area contributed by atoms with Gasteiger partial charge in [-0.2, -0.15) is 0 Å². The van der Waals surface area contributed by atoms with Crippen molar-refractivity contribution in [3.8, 4) is 34.5 Å². The molecule has 0 aliphatic rings. The van der Waals surface area contributed by atoms with Gasteiger partial charge in [-0.1, -0.05) is 60.7 Å². The number of methoxy groups -OCH3 is 4. The van der Waals surface area contributed by atoms with E-state index in [4.69, 9.17) is 28.4 Å². The van der Waals surface area contributed by atoms with Gasteiger partial charge < -0.3 is 33.5 Å². The zero-order chi connectivity index (χ0) is 26.9. The molecule has 0 aliphatic heterocycles. The van der Waals surface area contributed by atoms with Gasteiger partial charge in [-0.15, -0.1) is 0 Å². The maximum Gasteiger partial charge on any atom is 0.203 e. The van der Waals surface area contributed by atoms with Gasteiger partial charge in [0.15, 0.2) is 23.0 Å². The van der Waals surface area contributed by atoms with Crippen LogP contribution in [0.3, 0.4) is 0 Å². The van der Waals surface area contributed by atoms with Crippen LogP contribution in [0.15, 0.2) is 84.9 Å². The molecule has 0 fully saturated rings. The molecule has 0 saturated carbocycles. The minimum Gasteiger partial charge on any atom is -0.493 e. The second-order valence-electron chi connectivity index (χ2n) is 8.46. The Balaban J connectivity index is 1.63. The molecule has 198 valence electrons. The quantitative estimate of drug-likeness (QED) is 0.249. The van der Waals surface area contributed by atoms with E-state index < -0.39 is 6.10 Å². The lowest BCUT2D eigenvalue weighted by molar-refractivity contribution is 0.215. The van der Waals surface area contributed by atoms with Crippen molar-refractivity contribution in [3.05, 3.63) is 107 Å². The highest BCUT2D eigenvalue weighted by Gasteiger charge is 2.23. The second-order valence-corrected chi connectivity index (χ2v) is 8.46. The molecule has 4 aromatic carbocycles. The fraction of sp³-hybridized carbons (Fsp3) is 0.226. The Bertz CT molecular complexity index is 1170. The van der Waals surface area contributed by atoms with Crippen molar-refractivity contribution in [1.82, 2.24) is 0 Å². The number of aliphatic hydroxyl groups excluding tert-OH is 1. The largest absolute Gasteiger partial charge is 0.493 e. The molecule has 0 unspecified atom stereocenters. The monoisotopic (exact) mass is 516 g/mol. The molecule has 0 amide bonds. The summed E-state index contributed by atoms with van der Waals surface area (Å²) in [5.41, 5.74) is 3.12. The van der Waals surface area contributed by atoms with Crippen LogP contribution < -0.4 is 28.4 Å². The van der Waals surface area contributed by atoms with Crippen LogP contribution in [0, 0.1) is 0 Å². The topological polar surface area (TPSA) is 75.6 Å². The van der Waals surface area contributed by atoms with E-state index in [1.165, 1.54) is 0 Å². The van der Waals surface area contributed by atoms with Crippen LogP contribution >= 0.6 is 0 Å². The van der Waals surface area contributed by atoms with Crippen molar-refractivity contribution in [1.29, 1.82) is 0 Å². The van der Waals surface area contributed by atoms with E-state index in [9.17, 15) is 5.11 Å². The van der Waals surface area contributed by atoms with Crippen LogP contribution in [0.1, 0.15) is 28.4 Å². The Kier molecular flexibility index (Phi) is 8.95. The zero-order valence-electron chi connectivity index (χ0n) is 22.0. The van der Waals surface area contributed by atoms with Gasteiger partial charge in [0.05, 0.1) is 28.4 Å². The lowest BCUT2D eigenvalue weighted by Crippen LogP contribution is -2.06. The van der Waals surface area contributed by atoms with Gasteiger partial charge in [0.25, 0.3) is 0 Å². The van der Waals surface area contributed by atoms with Crippen molar-refractivity contribution in [2.45, 2.75) is 19.3 Å². The second kappa shape index (κ2) is 12.7. The van der Waals surface area contributed by atoms with Gasteiger partial charge >= 0.3 is 0 Å². The van der Waals surface area contributed by atoms with Gasteiger partial charge in [0.2, 0.25) is 11.5 Å². The molecule has 0 spiro atoms. The van der Waals surface area contributed by atoms with Crippen molar-refractivity contribution in [2.75, 3.05) is 28.4 Å². The van der Waals surface area contributed by atoms with Gasteiger partial charge in [-0.05, 0) is 46.5 Å². The van der Waals surface area contributed by atoms with Gasteiger partial charge in [-0.3, -0.25) is 0 Å². The SMILES string of the molecule is COc1cc(C(O)c2cc(OC)c(OCc3ccccc3)c(OC)c2)cc(OC)c1OCc1ccccc1. The van der Waals surface area contributed by atoms with Crippen LogP contribution in [-0.4, -0.2) is 33.5 Å². The van der Waals surface area contributed by atoms with Gasteiger partial charge in [0.1, 0.15) is 19.3 Å². The number of hydrogen-bond acceptors (Lipinski definition) is 7. The van der Waals surface area contributed by atoms with Crippen LogP contribution in [0.25, 0.3) is 0 Å². The van der Waals surface area contributed by atoms with E-state index in [1.54, 1.807) is 52.7 Å².